The minimum atomic E-state index is -0.780. The molecule has 1 amide bonds. The van der Waals surface area contributed by atoms with E-state index in [4.69, 9.17) is 14.7 Å². The van der Waals surface area contributed by atoms with Crippen molar-refractivity contribution in [2.45, 2.75) is 25.0 Å². The van der Waals surface area contributed by atoms with E-state index < -0.39 is 11.9 Å². The normalized spacial score (nSPS) is 18.7. The van der Waals surface area contributed by atoms with Gasteiger partial charge in [-0.1, -0.05) is 24.3 Å². The second-order valence-electron chi connectivity index (χ2n) is 6.38. The Labute approximate surface area is 157 Å². The summed E-state index contributed by atoms with van der Waals surface area (Å²) in [7, 11) is 1.65. The van der Waals surface area contributed by atoms with Gasteiger partial charge in [0.25, 0.3) is 5.91 Å². The summed E-state index contributed by atoms with van der Waals surface area (Å²) >= 11 is 0. The van der Waals surface area contributed by atoms with Crippen LogP contribution in [0.2, 0.25) is 0 Å². The van der Waals surface area contributed by atoms with Gasteiger partial charge in [-0.3, -0.25) is 4.79 Å². The number of rotatable bonds is 8. The van der Waals surface area contributed by atoms with E-state index in [0.29, 0.717) is 18.7 Å². The lowest BCUT2D eigenvalue weighted by molar-refractivity contribution is -0.164. The molecule has 1 saturated heterocycles. The largest absolute Gasteiger partial charge is 0.475 e. The van der Waals surface area contributed by atoms with E-state index in [9.17, 15) is 9.18 Å². The van der Waals surface area contributed by atoms with Crippen LogP contribution in [0.1, 0.15) is 30.0 Å². The Bertz CT molecular complexity index is 832. The zero-order valence-corrected chi connectivity index (χ0v) is 15.1. The molecule has 0 bridgehead atoms. The predicted octanol–water partition coefficient (Wildman–Crippen LogP) is 3.45. The summed E-state index contributed by atoms with van der Waals surface area (Å²) in [5, 5.41) is 8.98. The summed E-state index contributed by atoms with van der Waals surface area (Å²) < 4.78 is 24.7. The van der Waals surface area contributed by atoms with Gasteiger partial charge in [-0.05, 0) is 42.7 Å². The first-order valence-electron chi connectivity index (χ1n) is 8.86. The molecular weight excluding hydrogens is 347 g/mol. The molecule has 0 aliphatic carbocycles. The number of unbranched alkanes of at least 4 members (excludes halogenated alkanes) is 1. The van der Waals surface area contributed by atoms with Crippen molar-refractivity contribution in [3.05, 3.63) is 65.5 Å². The number of benzene rings is 2. The quantitative estimate of drug-likeness (QED) is 0.529. The number of halogens is 1. The number of nitrogens with zero attached hydrogens (tertiary/aromatic N) is 2. The molecule has 3 rings (SSSR count). The molecule has 0 spiro atoms. The lowest BCUT2D eigenvalue weighted by Gasteiger charge is -2.47. The highest BCUT2D eigenvalue weighted by molar-refractivity contribution is 5.89. The summed E-state index contributed by atoms with van der Waals surface area (Å²) in [6, 6.07) is 14.9. The van der Waals surface area contributed by atoms with Gasteiger partial charge in [0, 0.05) is 20.3 Å². The molecule has 1 aliphatic heterocycles. The topological polar surface area (TPSA) is 62.6 Å². The van der Waals surface area contributed by atoms with Crippen LogP contribution in [0.3, 0.4) is 0 Å². The van der Waals surface area contributed by atoms with Crippen molar-refractivity contribution in [2.75, 3.05) is 20.3 Å². The Morgan fingerprint density at radius 3 is 2.56 bits per heavy atom. The smallest absolute Gasteiger partial charge is 0.266 e. The van der Waals surface area contributed by atoms with Crippen LogP contribution in [-0.2, 0) is 9.53 Å². The summed E-state index contributed by atoms with van der Waals surface area (Å²) in [5.74, 6) is -0.596. The van der Waals surface area contributed by atoms with Crippen LogP contribution in [0.25, 0.3) is 0 Å². The van der Waals surface area contributed by atoms with E-state index in [0.717, 1.165) is 18.4 Å². The number of methoxy groups -OCH3 is 1. The van der Waals surface area contributed by atoms with Crippen molar-refractivity contribution in [1.82, 2.24) is 4.90 Å². The number of carbonyl (C=O) groups excluding carboxylic acids is 1. The van der Waals surface area contributed by atoms with Gasteiger partial charge in [0.2, 0.25) is 6.10 Å². The molecule has 5 nitrogen and oxygen atoms in total. The Hall–Kier alpha value is -2.91. The molecule has 140 valence electrons. The third-order valence-electron chi connectivity index (χ3n) is 4.62. The second-order valence-corrected chi connectivity index (χ2v) is 6.38. The molecule has 0 aromatic heterocycles. The van der Waals surface area contributed by atoms with Crippen molar-refractivity contribution in [1.29, 1.82) is 5.26 Å². The van der Waals surface area contributed by atoms with Gasteiger partial charge in [0.05, 0.1) is 11.6 Å². The summed E-state index contributed by atoms with van der Waals surface area (Å²) in [4.78, 5) is 14.4. The predicted molar refractivity (Wildman–Crippen MR) is 97.5 cm³/mol. The van der Waals surface area contributed by atoms with E-state index in [1.54, 1.807) is 36.3 Å². The molecule has 0 radical (unpaired) electrons. The molecule has 1 fully saturated rings. The maximum absolute atomic E-state index is 14.0. The highest BCUT2D eigenvalue weighted by Crippen LogP contribution is 2.38. The molecule has 0 N–H and O–H groups in total. The lowest BCUT2D eigenvalue weighted by Crippen LogP contribution is -2.61. The highest BCUT2D eigenvalue weighted by atomic mass is 19.1. The van der Waals surface area contributed by atoms with Crippen molar-refractivity contribution in [3.8, 4) is 11.8 Å². The third-order valence-corrected chi connectivity index (χ3v) is 4.62. The molecule has 1 aliphatic rings. The zero-order chi connectivity index (χ0) is 19.2. The molecule has 2 atom stereocenters. The fraction of sp³-hybridized carbons (Fsp3) is 0.333. The molecule has 27 heavy (non-hydrogen) atoms. The van der Waals surface area contributed by atoms with Crippen molar-refractivity contribution in [3.63, 3.8) is 0 Å². The van der Waals surface area contributed by atoms with Crippen molar-refractivity contribution >= 4 is 5.91 Å². The SMILES string of the molecule is COCCCCN1C(=O)C(Oc2ccccc2F)C1c1ccc(C#N)cc1. The first-order valence-corrected chi connectivity index (χ1v) is 8.86. The first kappa shape index (κ1) is 18.9. The van der Waals surface area contributed by atoms with E-state index in [-0.39, 0.29) is 17.7 Å². The Balaban J connectivity index is 1.79. The molecular formula is C21H21FN2O3. The van der Waals surface area contributed by atoms with Crippen LogP contribution in [0.5, 0.6) is 5.75 Å². The van der Waals surface area contributed by atoms with Gasteiger partial charge in [0.1, 0.15) is 6.04 Å². The van der Waals surface area contributed by atoms with Crippen LogP contribution in [-0.4, -0.2) is 37.2 Å². The third kappa shape index (κ3) is 4.09. The first-order chi connectivity index (χ1) is 13.2. The van der Waals surface area contributed by atoms with Gasteiger partial charge >= 0.3 is 0 Å². The minimum absolute atomic E-state index is 0.0635. The number of para-hydroxylation sites is 1. The molecule has 2 aromatic rings. The lowest BCUT2D eigenvalue weighted by atomic mass is 9.89. The van der Waals surface area contributed by atoms with Crippen molar-refractivity contribution < 1.29 is 18.7 Å². The molecule has 2 unspecified atom stereocenters. The van der Waals surface area contributed by atoms with Crippen LogP contribution < -0.4 is 4.74 Å². The fourth-order valence-electron chi connectivity index (χ4n) is 3.20. The monoisotopic (exact) mass is 368 g/mol. The summed E-state index contributed by atoms with van der Waals surface area (Å²) in [5.41, 5.74) is 1.41. The van der Waals surface area contributed by atoms with E-state index in [2.05, 4.69) is 6.07 Å². The zero-order valence-electron chi connectivity index (χ0n) is 15.1. The van der Waals surface area contributed by atoms with E-state index in [1.807, 2.05) is 12.1 Å². The van der Waals surface area contributed by atoms with Gasteiger partial charge in [-0.2, -0.15) is 5.26 Å². The van der Waals surface area contributed by atoms with Crippen LogP contribution in [0.15, 0.2) is 48.5 Å². The molecule has 0 saturated carbocycles. The number of hydrogen-bond donors (Lipinski definition) is 0. The van der Waals surface area contributed by atoms with Crippen LogP contribution in [0, 0.1) is 17.1 Å². The Kier molecular flexibility index (Phi) is 6.05. The molecule has 2 aromatic carbocycles. The number of β-lactam (4-membered cyclic amide) rings is 1. The number of amides is 1. The van der Waals surface area contributed by atoms with E-state index >= 15 is 0 Å². The molecule has 1 heterocycles. The molecule has 6 heteroatoms. The minimum Gasteiger partial charge on any atom is -0.475 e. The van der Waals surface area contributed by atoms with Gasteiger partial charge < -0.3 is 14.4 Å². The van der Waals surface area contributed by atoms with Gasteiger partial charge in [-0.25, -0.2) is 4.39 Å². The average Bonchev–Trinajstić information content (AvgIpc) is 2.70. The van der Waals surface area contributed by atoms with E-state index in [1.165, 1.54) is 12.1 Å². The van der Waals surface area contributed by atoms with Crippen LogP contribution in [0.4, 0.5) is 4.39 Å². The number of nitriles is 1. The fourth-order valence-corrected chi connectivity index (χ4v) is 3.20. The standard InChI is InChI=1S/C21H21FN2O3/c1-26-13-5-4-12-24-19(16-10-8-15(14-23)9-11-16)20(21(24)25)27-18-7-3-2-6-17(18)22/h2-3,6-11,19-20H,4-5,12-13H2,1H3. The second kappa shape index (κ2) is 8.65. The van der Waals surface area contributed by atoms with Gasteiger partial charge in [-0.15, -0.1) is 0 Å². The highest BCUT2D eigenvalue weighted by Gasteiger charge is 2.49. The summed E-state index contributed by atoms with van der Waals surface area (Å²) in [6.07, 6.45) is 0.870. The van der Waals surface area contributed by atoms with Crippen LogP contribution >= 0.6 is 0 Å². The maximum atomic E-state index is 14.0. The number of likely N-dealkylation sites (tertiary alicyclic amines) is 1. The number of hydrogen-bond acceptors (Lipinski definition) is 4. The van der Waals surface area contributed by atoms with Crippen molar-refractivity contribution in [2.24, 2.45) is 0 Å². The number of carbonyl (C=O) groups is 1. The van der Waals surface area contributed by atoms with Gasteiger partial charge in [0.15, 0.2) is 11.6 Å². The summed E-state index contributed by atoms with van der Waals surface area (Å²) in [6.45, 7) is 1.21. The Morgan fingerprint density at radius 2 is 1.89 bits per heavy atom. The average molecular weight is 368 g/mol. The Morgan fingerprint density at radius 1 is 1.15 bits per heavy atom. The number of ether oxygens (including phenoxy) is 2. The maximum Gasteiger partial charge on any atom is 0.266 e.